The van der Waals surface area contributed by atoms with Crippen molar-refractivity contribution in [2.24, 2.45) is 5.92 Å². The Kier molecular flexibility index (Phi) is 6.12. The van der Waals surface area contributed by atoms with Crippen LogP contribution in [0.15, 0.2) is 12.7 Å². The Bertz CT molecular complexity index is 334. The van der Waals surface area contributed by atoms with Crippen molar-refractivity contribution in [1.82, 2.24) is 0 Å². The normalized spacial score (nSPS) is 14.7. The van der Waals surface area contributed by atoms with Crippen molar-refractivity contribution in [3.05, 3.63) is 12.7 Å². The van der Waals surface area contributed by atoms with Crippen LogP contribution in [0.3, 0.4) is 0 Å². The minimum absolute atomic E-state index is 0.172. The van der Waals surface area contributed by atoms with Gasteiger partial charge < -0.3 is 4.43 Å². The molecule has 0 N–H and O–H groups in total. The predicted molar refractivity (Wildman–Crippen MR) is 88.0 cm³/mol. The SMILES string of the molecule is C=C[C@@H](C#C[Si](C)(C)C)CO[Si](C)(C)C(C)(C)C. The Morgan fingerprint density at radius 1 is 1.17 bits per heavy atom. The van der Waals surface area contributed by atoms with E-state index in [2.05, 4.69) is 71.5 Å². The number of hydrogen-bond acceptors (Lipinski definition) is 1. The van der Waals surface area contributed by atoms with E-state index in [0.29, 0.717) is 6.61 Å². The second-order valence-corrected chi connectivity index (χ2v) is 17.0. The van der Waals surface area contributed by atoms with Gasteiger partial charge in [-0.05, 0) is 18.1 Å². The third-order valence-corrected chi connectivity index (χ3v) is 8.74. The van der Waals surface area contributed by atoms with E-state index in [1.807, 2.05) is 6.08 Å². The zero-order chi connectivity index (χ0) is 14.6. The van der Waals surface area contributed by atoms with E-state index in [9.17, 15) is 0 Å². The lowest BCUT2D eigenvalue weighted by atomic mass is 10.2. The highest BCUT2D eigenvalue weighted by molar-refractivity contribution is 6.83. The Morgan fingerprint density at radius 3 is 2.00 bits per heavy atom. The monoisotopic (exact) mass is 282 g/mol. The molecule has 0 saturated heterocycles. The summed E-state index contributed by atoms with van der Waals surface area (Å²) in [6, 6.07) is 0. The molecule has 0 aromatic carbocycles. The molecule has 0 bridgehead atoms. The van der Waals surface area contributed by atoms with Gasteiger partial charge in [-0.15, -0.1) is 18.0 Å². The van der Waals surface area contributed by atoms with Gasteiger partial charge in [-0.1, -0.05) is 46.5 Å². The van der Waals surface area contributed by atoms with Crippen molar-refractivity contribution in [2.45, 2.75) is 58.5 Å². The van der Waals surface area contributed by atoms with Crippen molar-refractivity contribution in [1.29, 1.82) is 0 Å². The zero-order valence-electron chi connectivity index (χ0n) is 13.5. The van der Waals surface area contributed by atoms with Crippen LogP contribution in [0.4, 0.5) is 0 Å². The zero-order valence-corrected chi connectivity index (χ0v) is 15.5. The molecule has 0 fully saturated rings. The van der Waals surface area contributed by atoms with E-state index < -0.39 is 16.4 Å². The van der Waals surface area contributed by atoms with Gasteiger partial charge in [0, 0.05) is 0 Å². The first-order chi connectivity index (χ1) is 7.89. The fourth-order valence-electron chi connectivity index (χ4n) is 0.992. The molecule has 0 rings (SSSR count). The molecule has 3 heteroatoms. The maximum Gasteiger partial charge on any atom is 0.192 e. The van der Waals surface area contributed by atoms with Gasteiger partial charge >= 0.3 is 0 Å². The van der Waals surface area contributed by atoms with E-state index >= 15 is 0 Å². The second-order valence-electron chi connectivity index (χ2n) is 7.43. The summed E-state index contributed by atoms with van der Waals surface area (Å²) in [6.07, 6.45) is 1.92. The third-order valence-electron chi connectivity index (χ3n) is 3.35. The molecule has 0 amide bonds. The van der Waals surface area contributed by atoms with Gasteiger partial charge in [0.25, 0.3) is 0 Å². The average molecular weight is 283 g/mol. The Hall–Kier alpha value is -0.306. The number of hydrogen-bond donors (Lipinski definition) is 0. The van der Waals surface area contributed by atoms with Crippen molar-refractivity contribution in [2.75, 3.05) is 6.61 Å². The van der Waals surface area contributed by atoms with Crippen LogP contribution in [0.5, 0.6) is 0 Å². The van der Waals surface area contributed by atoms with Gasteiger partial charge in [0.2, 0.25) is 0 Å². The fourth-order valence-corrected chi connectivity index (χ4v) is 2.64. The van der Waals surface area contributed by atoms with Crippen LogP contribution in [0.1, 0.15) is 20.8 Å². The predicted octanol–water partition coefficient (Wildman–Crippen LogP) is 4.69. The maximum atomic E-state index is 6.19. The average Bonchev–Trinajstić information content (AvgIpc) is 2.14. The number of rotatable bonds is 4. The van der Waals surface area contributed by atoms with E-state index in [0.717, 1.165) is 0 Å². The molecule has 0 aliphatic heterocycles. The van der Waals surface area contributed by atoms with Crippen LogP contribution in [0.25, 0.3) is 0 Å². The lowest BCUT2D eigenvalue weighted by Crippen LogP contribution is -2.41. The van der Waals surface area contributed by atoms with Gasteiger partial charge in [-0.3, -0.25) is 0 Å². The summed E-state index contributed by atoms with van der Waals surface area (Å²) in [5.41, 5.74) is 3.40. The van der Waals surface area contributed by atoms with Crippen LogP contribution >= 0.6 is 0 Å². The molecule has 0 radical (unpaired) electrons. The van der Waals surface area contributed by atoms with Crippen LogP contribution in [0.2, 0.25) is 37.8 Å². The van der Waals surface area contributed by atoms with E-state index in [1.54, 1.807) is 0 Å². The van der Waals surface area contributed by atoms with Crippen LogP contribution in [-0.2, 0) is 4.43 Å². The minimum atomic E-state index is -1.66. The van der Waals surface area contributed by atoms with Gasteiger partial charge in [0.05, 0.1) is 12.5 Å². The Labute approximate surface area is 116 Å². The van der Waals surface area contributed by atoms with Crippen molar-refractivity contribution < 1.29 is 4.43 Å². The largest absolute Gasteiger partial charge is 0.415 e. The highest BCUT2D eigenvalue weighted by Crippen LogP contribution is 2.36. The standard InChI is InChI=1S/C15H30OSi2/c1-10-14(11-12-17(5,6)7)13-16-18(8,9)15(2,3)4/h10,14H,1,13H2,2-9H3/t14-/m0/s1. The molecular weight excluding hydrogens is 252 g/mol. The molecule has 0 aromatic rings. The molecule has 0 aliphatic carbocycles. The lowest BCUT2D eigenvalue weighted by molar-refractivity contribution is 0.273. The highest BCUT2D eigenvalue weighted by atomic mass is 28.4. The first kappa shape index (κ1) is 17.7. The topological polar surface area (TPSA) is 9.23 Å². The molecule has 0 spiro atoms. The van der Waals surface area contributed by atoms with Gasteiger partial charge in [-0.25, -0.2) is 0 Å². The first-order valence-corrected chi connectivity index (χ1v) is 13.1. The molecule has 0 saturated carbocycles. The lowest BCUT2D eigenvalue weighted by Gasteiger charge is -2.36. The van der Waals surface area contributed by atoms with Crippen molar-refractivity contribution in [3.63, 3.8) is 0 Å². The van der Waals surface area contributed by atoms with E-state index in [1.165, 1.54) is 0 Å². The van der Waals surface area contributed by atoms with Crippen molar-refractivity contribution >= 4 is 16.4 Å². The molecule has 0 heterocycles. The van der Waals surface area contributed by atoms with Crippen molar-refractivity contribution in [3.8, 4) is 11.5 Å². The molecule has 1 nitrogen and oxygen atoms in total. The Morgan fingerprint density at radius 2 is 1.67 bits per heavy atom. The molecular formula is C15H30OSi2. The summed E-state index contributed by atoms with van der Waals surface area (Å²) in [6.45, 7) is 22.7. The summed E-state index contributed by atoms with van der Waals surface area (Å²) in [5.74, 6) is 3.50. The molecule has 18 heavy (non-hydrogen) atoms. The highest BCUT2D eigenvalue weighted by Gasteiger charge is 2.37. The Balaban J connectivity index is 4.59. The summed E-state index contributed by atoms with van der Waals surface area (Å²) in [5, 5.41) is 0.255. The summed E-state index contributed by atoms with van der Waals surface area (Å²) in [4.78, 5) is 0. The van der Waals surface area contributed by atoms with Crippen LogP contribution in [0, 0.1) is 17.4 Å². The van der Waals surface area contributed by atoms with Gasteiger partial charge in [0.1, 0.15) is 8.07 Å². The summed E-state index contributed by atoms with van der Waals surface area (Å²) < 4.78 is 6.19. The van der Waals surface area contributed by atoms with Crippen LogP contribution < -0.4 is 0 Å². The maximum absolute atomic E-state index is 6.19. The minimum Gasteiger partial charge on any atom is -0.415 e. The first-order valence-electron chi connectivity index (χ1n) is 6.68. The second kappa shape index (κ2) is 6.23. The van der Waals surface area contributed by atoms with Crippen LogP contribution in [-0.4, -0.2) is 23.0 Å². The smallest absolute Gasteiger partial charge is 0.192 e. The summed E-state index contributed by atoms with van der Waals surface area (Å²) >= 11 is 0. The van der Waals surface area contributed by atoms with E-state index in [-0.39, 0.29) is 11.0 Å². The third kappa shape index (κ3) is 6.58. The quantitative estimate of drug-likeness (QED) is 0.413. The van der Waals surface area contributed by atoms with Gasteiger partial charge in [-0.2, -0.15) is 0 Å². The molecule has 104 valence electrons. The van der Waals surface area contributed by atoms with Gasteiger partial charge in [0.15, 0.2) is 8.32 Å². The molecule has 0 aromatic heterocycles. The molecule has 0 aliphatic rings. The fraction of sp³-hybridized carbons (Fsp3) is 0.733. The summed E-state index contributed by atoms with van der Waals surface area (Å²) in [7, 11) is -2.96. The molecule has 0 unspecified atom stereocenters. The van der Waals surface area contributed by atoms with E-state index in [4.69, 9.17) is 4.43 Å². The molecule has 1 atom stereocenters.